The maximum absolute atomic E-state index is 12.9. The largest absolute Gasteiger partial charge is 0.495 e. The van der Waals surface area contributed by atoms with Crippen LogP contribution in [0.25, 0.3) is 0 Å². The predicted octanol–water partition coefficient (Wildman–Crippen LogP) is 0.830. The van der Waals surface area contributed by atoms with Crippen molar-refractivity contribution < 1.29 is 22.7 Å². The second-order valence-corrected chi connectivity index (χ2v) is 8.52. The molecule has 1 saturated carbocycles. The number of nitrogens with two attached hydrogens (primary N) is 1. The monoisotopic (exact) mass is 383 g/mol. The molecule has 26 heavy (non-hydrogen) atoms. The normalized spacial score (nSPS) is 19.8. The molecular formula is C17H25N3O5S. The second-order valence-electron chi connectivity index (χ2n) is 6.81. The molecule has 3 rings (SSSR count). The molecule has 0 unspecified atom stereocenters. The Bertz CT molecular complexity index is 771. The summed E-state index contributed by atoms with van der Waals surface area (Å²) in [6, 6.07) is 4.43. The maximum atomic E-state index is 12.9. The quantitative estimate of drug-likeness (QED) is 0.641. The lowest BCUT2D eigenvalue weighted by atomic mass is 9.79. The zero-order valence-corrected chi connectivity index (χ0v) is 15.6. The van der Waals surface area contributed by atoms with Crippen LogP contribution in [0.2, 0.25) is 0 Å². The summed E-state index contributed by atoms with van der Waals surface area (Å²) in [5.74, 6) is 0.147. The van der Waals surface area contributed by atoms with Crippen LogP contribution in [-0.4, -0.2) is 47.2 Å². The molecule has 1 saturated heterocycles. The predicted molar refractivity (Wildman–Crippen MR) is 96.5 cm³/mol. The summed E-state index contributed by atoms with van der Waals surface area (Å²) in [5.41, 5.74) is 5.47. The number of amides is 1. The number of sulfonamides is 1. The number of rotatable bonds is 7. The molecule has 0 atom stereocenters. The van der Waals surface area contributed by atoms with E-state index in [-0.39, 0.29) is 23.4 Å². The summed E-state index contributed by atoms with van der Waals surface area (Å²) in [6.07, 6.45) is 2.75. The van der Waals surface area contributed by atoms with E-state index in [1.165, 1.54) is 25.3 Å². The highest BCUT2D eigenvalue weighted by molar-refractivity contribution is 7.89. The number of methoxy groups -OCH3 is 1. The third kappa shape index (κ3) is 4.01. The lowest BCUT2D eigenvalue weighted by Gasteiger charge is -2.34. The molecule has 1 heterocycles. The van der Waals surface area contributed by atoms with Gasteiger partial charge in [-0.2, -0.15) is 0 Å². The average molecular weight is 383 g/mol. The summed E-state index contributed by atoms with van der Waals surface area (Å²) in [4.78, 5) is 13.0. The van der Waals surface area contributed by atoms with E-state index >= 15 is 0 Å². The third-order valence-electron chi connectivity index (χ3n) is 4.95. The molecule has 9 heteroatoms. The molecule has 1 aliphatic carbocycles. The average Bonchev–Trinajstić information content (AvgIpc) is 3.45. The van der Waals surface area contributed by atoms with Crippen molar-refractivity contribution in [3.8, 4) is 5.75 Å². The first-order chi connectivity index (χ1) is 12.4. The topological polar surface area (TPSA) is 120 Å². The minimum atomic E-state index is -3.63. The van der Waals surface area contributed by atoms with E-state index < -0.39 is 15.4 Å². The van der Waals surface area contributed by atoms with Gasteiger partial charge in [0.15, 0.2) is 0 Å². The van der Waals surface area contributed by atoms with Crippen LogP contribution in [0.4, 0.5) is 5.69 Å². The lowest BCUT2D eigenvalue weighted by Crippen LogP contribution is -2.46. The minimum Gasteiger partial charge on any atom is -0.495 e. The van der Waals surface area contributed by atoms with Crippen LogP contribution >= 0.6 is 0 Å². The number of hydrogen-bond donors (Lipinski definition) is 3. The number of carbonyl (C=O) groups excluding carboxylic acids is 1. The first-order valence-electron chi connectivity index (χ1n) is 8.70. The molecule has 144 valence electrons. The number of benzene rings is 1. The van der Waals surface area contributed by atoms with Gasteiger partial charge in [-0.1, -0.05) is 0 Å². The summed E-state index contributed by atoms with van der Waals surface area (Å²) >= 11 is 0. The summed E-state index contributed by atoms with van der Waals surface area (Å²) in [5, 5.41) is 2.81. The van der Waals surface area contributed by atoms with Gasteiger partial charge in [-0.3, -0.25) is 4.79 Å². The van der Waals surface area contributed by atoms with Crippen molar-refractivity contribution in [1.29, 1.82) is 0 Å². The van der Waals surface area contributed by atoms with Gasteiger partial charge >= 0.3 is 0 Å². The Labute approximate surface area is 153 Å². The highest BCUT2D eigenvalue weighted by atomic mass is 32.2. The van der Waals surface area contributed by atoms with Crippen LogP contribution in [0.5, 0.6) is 5.75 Å². The molecule has 0 spiro atoms. The van der Waals surface area contributed by atoms with Gasteiger partial charge in [-0.15, -0.1) is 0 Å². The molecule has 1 aliphatic heterocycles. The molecule has 1 aromatic carbocycles. The third-order valence-corrected chi connectivity index (χ3v) is 6.47. The summed E-state index contributed by atoms with van der Waals surface area (Å²) in [6.45, 7) is 1.15. The van der Waals surface area contributed by atoms with Gasteiger partial charge in [-0.05, 0) is 43.9 Å². The second kappa shape index (κ2) is 7.51. The van der Waals surface area contributed by atoms with E-state index in [9.17, 15) is 13.2 Å². The smallest absolute Gasteiger partial charge is 0.240 e. The number of carbonyl (C=O) groups is 1. The van der Waals surface area contributed by atoms with Gasteiger partial charge in [0.05, 0.1) is 23.1 Å². The van der Waals surface area contributed by atoms with Gasteiger partial charge in [0, 0.05) is 25.8 Å². The fraction of sp³-hybridized carbons (Fsp3) is 0.588. The SMILES string of the molecule is COc1ccc(S(=O)(=O)NC2CC2)cc1NC(=O)C1(CN)CCOCC1. The van der Waals surface area contributed by atoms with E-state index in [2.05, 4.69) is 10.0 Å². The van der Waals surface area contributed by atoms with E-state index in [0.717, 1.165) is 12.8 Å². The Kier molecular flexibility index (Phi) is 5.52. The van der Waals surface area contributed by atoms with Crippen molar-refractivity contribution in [1.82, 2.24) is 4.72 Å². The van der Waals surface area contributed by atoms with E-state index in [4.69, 9.17) is 15.2 Å². The highest BCUT2D eigenvalue weighted by Gasteiger charge is 2.39. The minimum absolute atomic E-state index is 0.00268. The van der Waals surface area contributed by atoms with Gasteiger partial charge in [-0.25, -0.2) is 13.1 Å². The van der Waals surface area contributed by atoms with E-state index in [1.807, 2.05) is 0 Å². The lowest BCUT2D eigenvalue weighted by molar-refractivity contribution is -0.130. The zero-order valence-electron chi connectivity index (χ0n) is 14.8. The van der Waals surface area contributed by atoms with Crippen molar-refractivity contribution in [2.45, 2.75) is 36.6 Å². The Morgan fingerprint density at radius 2 is 2.04 bits per heavy atom. The van der Waals surface area contributed by atoms with Crippen molar-refractivity contribution in [2.24, 2.45) is 11.1 Å². The fourth-order valence-corrected chi connectivity index (χ4v) is 4.31. The van der Waals surface area contributed by atoms with Gasteiger partial charge < -0.3 is 20.5 Å². The van der Waals surface area contributed by atoms with E-state index in [0.29, 0.717) is 37.5 Å². The van der Waals surface area contributed by atoms with Crippen LogP contribution in [-0.2, 0) is 19.6 Å². The van der Waals surface area contributed by atoms with Crippen molar-refractivity contribution in [3.63, 3.8) is 0 Å². The van der Waals surface area contributed by atoms with Crippen LogP contribution < -0.4 is 20.5 Å². The van der Waals surface area contributed by atoms with Crippen LogP contribution in [0.1, 0.15) is 25.7 Å². The molecule has 0 radical (unpaired) electrons. The molecule has 2 fully saturated rings. The Morgan fingerprint density at radius 3 is 2.62 bits per heavy atom. The van der Waals surface area contributed by atoms with Gasteiger partial charge in [0.2, 0.25) is 15.9 Å². The fourth-order valence-electron chi connectivity index (χ4n) is 2.98. The van der Waals surface area contributed by atoms with Crippen LogP contribution in [0.15, 0.2) is 23.1 Å². The van der Waals surface area contributed by atoms with E-state index in [1.54, 1.807) is 0 Å². The van der Waals surface area contributed by atoms with Crippen LogP contribution in [0, 0.1) is 5.41 Å². The van der Waals surface area contributed by atoms with Crippen molar-refractivity contribution in [2.75, 3.05) is 32.2 Å². The first-order valence-corrected chi connectivity index (χ1v) is 10.2. The standard InChI is InChI=1S/C17H25N3O5S/c1-24-15-5-4-13(26(22,23)20-12-2-3-12)10-14(15)19-16(21)17(11-18)6-8-25-9-7-17/h4-5,10,12,20H,2-3,6-9,11,18H2,1H3,(H,19,21). The van der Waals surface area contributed by atoms with Gasteiger partial charge in [0.25, 0.3) is 0 Å². The molecule has 2 aliphatic rings. The number of hydrogen-bond acceptors (Lipinski definition) is 6. The summed E-state index contributed by atoms with van der Waals surface area (Å²) in [7, 11) is -2.16. The Balaban J connectivity index is 1.85. The molecule has 8 nitrogen and oxygen atoms in total. The molecular weight excluding hydrogens is 358 g/mol. The Morgan fingerprint density at radius 1 is 1.35 bits per heavy atom. The number of nitrogens with one attached hydrogen (secondary N) is 2. The number of anilines is 1. The van der Waals surface area contributed by atoms with Crippen molar-refractivity contribution in [3.05, 3.63) is 18.2 Å². The van der Waals surface area contributed by atoms with Gasteiger partial charge in [0.1, 0.15) is 5.75 Å². The molecule has 4 N–H and O–H groups in total. The Hall–Kier alpha value is -1.68. The summed E-state index contributed by atoms with van der Waals surface area (Å²) < 4.78 is 38.1. The number of ether oxygens (including phenoxy) is 2. The molecule has 1 aromatic rings. The van der Waals surface area contributed by atoms with Crippen LogP contribution in [0.3, 0.4) is 0 Å². The molecule has 1 amide bonds. The molecule has 0 bridgehead atoms. The highest BCUT2D eigenvalue weighted by Crippen LogP contribution is 2.34. The first kappa shape index (κ1) is 19.1. The zero-order chi connectivity index (χ0) is 18.8. The maximum Gasteiger partial charge on any atom is 0.240 e. The van der Waals surface area contributed by atoms with Crippen molar-refractivity contribution >= 4 is 21.6 Å². The molecule has 0 aromatic heterocycles.